The summed E-state index contributed by atoms with van der Waals surface area (Å²) in [6, 6.07) is 2.25. The third kappa shape index (κ3) is 6.50. The number of carbonyl (C=O) groups is 2. The van der Waals surface area contributed by atoms with Crippen LogP contribution in [0.2, 0.25) is 5.02 Å². The Morgan fingerprint density at radius 2 is 1.85 bits per heavy atom. The molecule has 8 nitrogen and oxygen atoms in total. The van der Waals surface area contributed by atoms with E-state index < -0.39 is 0 Å². The molecule has 1 saturated heterocycles. The second kappa shape index (κ2) is 12.5. The van der Waals surface area contributed by atoms with Gasteiger partial charge in [0.25, 0.3) is 5.91 Å². The van der Waals surface area contributed by atoms with E-state index >= 15 is 0 Å². The summed E-state index contributed by atoms with van der Waals surface area (Å²) in [6.45, 7) is 8.33. The molecule has 0 spiro atoms. The number of amides is 1. The maximum atomic E-state index is 13.2. The van der Waals surface area contributed by atoms with Crippen LogP contribution in [0.3, 0.4) is 0 Å². The van der Waals surface area contributed by atoms with Crippen LogP contribution in [-0.2, 0) is 9.53 Å². The fraction of sp³-hybridized carbons (Fsp3) is 0.613. The van der Waals surface area contributed by atoms with E-state index in [-0.39, 0.29) is 18.6 Å². The Bertz CT molecular complexity index is 1180. The fourth-order valence-electron chi connectivity index (χ4n) is 6.00. The van der Waals surface area contributed by atoms with Gasteiger partial charge in [-0.05, 0) is 82.9 Å². The summed E-state index contributed by atoms with van der Waals surface area (Å²) in [7, 11) is 1.82. The number of nitrogens with zero attached hydrogens (tertiary/aromatic N) is 1. The molecule has 2 N–H and O–H groups in total. The van der Waals surface area contributed by atoms with Crippen molar-refractivity contribution in [2.75, 3.05) is 33.3 Å². The first-order valence-electron chi connectivity index (χ1n) is 14.6. The molecular weight excluding hydrogens is 530 g/mol. The number of hydrogen-bond donors (Lipinski definition) is 2. The van der Waals surface area contributed by atoms with Gasteiger partial charge >= 0.3 is 0 Å². The van der Waals surface area contributed by atoms with Crippen molar-refractivity contribution in [1.82, 2.24) is 15.5 Å². The monoisotopic (exact) mass is 571 g/mol. The molecule has 1 aromatic rings. The lowest BCUT2D eigenvalue weighted by atomic mass is 9.81. The van der Waals surface area contributed by atoms with Crippen LogP contribution >= 0.6 is 11.6 Å². The number of allylic oxidation sites excluding steroid dienone is 3. The number of fused-ring (bicyclic) bond motifs is 1. The predicted octanol–water partition coefficient (Wildman–Crippen LogP) is 4.58. The van der Waals surface area contributed by atoms with E-state index in [2.05, 4.69) is 15.5 Å². The molecule has 2 heterocycles. The Morgan fingerprint density at radius 3 is 2.50 bits per heavy atom. The highest BCUT2D eigenvalue weighted by Crippen LogP contribution is 2.45. The van der Waals surface area contributed by atoms with Crippen molar-refractivity contribution in [3.63, 3.8) is 0 Å². The lowest BCUT2D eigenvalue weighted by molar-refractivity contribution is -0.105. The minimum Gasteiger partial charge on any atom is -0.484 e. The maximum Gasteiger partial charge on any atom is 0.252 e. The van der Waals surface area contributed by atoms with Gasteiger partial charge in [0, 0.05) is 55.1 Å². The molecule has 3 fully saturated rings. The molecule has 1 amide bonds. The van der Waals surface area contributed by atoms with Crippen LogP contribution in [-0.4, -0.2) is 74.7 Å². The van der Waals surface area contributed by atoms with Gasteiger partial charge in [-0.25, -0.2) is 0 Å². The van der Waals surface area contributed by atoms with Crippen molar-refractivity contribution in [3.8, 4) is 11.5 Å². The van der Waals surface area contributed by atoms with Crippen LogP contribution in [0.5, 0.6) is 11.5 Å². The van der Waals surface area contributed by atoms with Gasteiger partial charge in [0.1, 0.15) is 19.0 Å². The molecule has 1 aromatic carbocycles. The van der Waals surface area contributed by atoms with E-state index in [9.17, 15) is 9.59 Å². The van der Waals surface area contributed by atoms with Gasteiger partial charge in [0.05, 0.1) is 17.2 Å². The third-order valence-corrected chi connectivity index (χ3v) is 9.11. The Balaban J connectivity index is 1.19. The molecule has 2 aliphatic carbocycles. The van der Waals surface area contributed by atoms with E-state index in [1.165, 1.54) is 12.8 Å². The second-order valence-electron chi connectivity index (χ2n) is 11.7. The number of aldehydes is 1. The van der Waals surface area contributed by atoms with Gasteiger partial charge in [0.2, 0.25) is 0 Å². The van der Waals surface area contributed by atoms with E-state index in [0.717, 1.165) is 56.3 Å². The van der Waals surface area contributed by atoms with Gasteiger partial charge in [-0.1, -0.05) is 11.6 Å². The number of likely N-dealkylation sites (tertiary alicyclic amines) is 1. The molecule has 1 unspecified atom stereocenters. The zero-order valence-corrected chi connectivity index (χ0v) is 24.8. The van der Waals surface area contributed by atoms with Crippen molar-refractivity contribution >= 4 is 23.8 Å². The van der Waals surface area contributed by atoms with E-state index in [1.807, 2.05) is 33.9 Å². The molecule has 9 heteroatoms. The van der Waals surface area contributed by atoms with E-state index in [4.69, 9.17) is 25.8 Å². The highest BCUT2D eigenvalue weighted by atomic mass is 35.5. The van der Waals surface area contributed by atoms with Crippen molar-refractivity contribution < 1.29 is 23.8 Å². The van der Waals surface area contributed by atoms with E-state index in [1.54, 1.807) is 6.07 Å². The molecule has 2 saturated carbocycles. The fourth-order valence-corrected chi connectivity index (χ4v) is 6.25. The summed E-state index contributed by atoms with van der Waals surface area (Å²) in [5.41, 5.74) is 3.33. The molecular formula is C31H42ClN3O5. The van der Waals surface area contributed by atoms with Crippen LogP contribution in [0.4, 0.5) is 0 Å². The number of halogens is 1. The minimum atomic E-state index is -0.312. The molecule has 40 heavy (non-hydrogen) atoms. The number of benzene rings is 1. The molecule has 0 radical (unpaired) electrons. The molecule has 2 aliphatic heterocycles. The summed E-state index contributed by atoms with van der Waals surface area (Å²) in [4.78, 5) is 27.4. The largest absolute Gasteiger partial charge is 0.484 e. The lowest BCUT2D eigenvalue weighted by Crippen LogP contribution is -2.57. The average molecular weight is 572 g/mol. The SMILES string of the molecule is CN/C(C)=C\C(C)=C(/C=O)CNC(=O)c1cc(Cl)c2c(c1C)OC(C1CCC(N3CC(OC4CC4)C3)CC1)CO2. The number of ether oxygens (including phenoxy) is 3. The molecule has 0 bridgehead atoms. The molecule has 5 rings (SSSR count). The molecule has 1 atom stereocenters. The van der Waals surface area contributed by atoms with Gasteiger partial charge < -0.3 is 24.8 Å². The number of nitrogens with one attached hydrogen (secondary N) is 2. The topological polar surface area (TPSA) is 89.1 Å². The Kier molecular flexibility index (Phi) is 9.08. The number of carbonyl (C=O) groups excluding carboxylic acids is 2. The number of hydrogen-bond acceptors (Lipinski definition) is 7. The first kappa shape index (κ1) is 29.0. The van der Waals surface area contributed by atoms with Crippen molar-refractivity contribution in [2.24, 2.45) is 5.92 Å². The van der Waals surface area contributed by atoms with Crippen LogP contribution in [0, 0.1) is 12.8 Å². The molecule has 4 aliphatic rings. The van der Waals surface area contributed by atoms with Crippen LogP contribution in [0.1, 0.15) is 68.3 Å². The highest BCUT2D eigenvalue weighted by Gasteiger charge is 2.40. The molecule has 0 aromatic heterocycles. The normalized spacial score (nSPS) is 26.0. The zero-order chi connectivity index (χ0) is 28.4. The number of rotatable bonds is 10. The van der Waals surface area contributed by atoms with Gasteiger partial charge in [-0.3, -0.25) is 14.5 Å². The standard InChI is InChI=1S/C31H42ClN3O5/c1-18(11-19(2)33-4)22(16-36)13-34-31(37)26-12-27(32)30-29(20(26)3)40-28(17-38-30)21-5-7-23(8-6-21)35-14-25(15-35)39-24-9-10-24/h11-12,16,21,23-25,28,33H,5-10,13-15,17H2,1-4H3,(H,34,37)/b19-11-,22-18-. The first-order chi connectivity index (χ1) is 19.3. The molecule has 218 valence electrons. The average Bonchev–Trinajstić information content (AvgIpc) is 3.76. The lowest BCUT2D eigenvalue weighted by Gasteiger charge is -2.47. The Hall–Kier alpha value is -2.55. The summed E-state index contributed by atoms with van der Waals surface area (Å²) in [6.07, 6.45) is 10.5. The van der Waals surface area contributed by atoms with Crippen LogP contribution in [0.25, 0.3) is 0 Å². The summed E-state index contributed by atoms with van der Waals surface area (Å²) < 4.78 is 18.7. The Morgan fingerprint density at radius 1 is 1.12 bits per heavy atom. The summed E-state index contributed by atoms with van der Waals surface area (Å²) in [5, 5.41) is 6.25. The van der Waals surface area contributed by atoms with Gasteiger partial charge in [0.15, 0.2) is 11.5 Å². The smallest absolute Gasteiger partial charge is 0.252 e. The predicted molar refractivity (Wildman–Crippen MR) is 155 cm³/mol. The first-order valence-corrected chi connectivity index (χ1v) is 15.0. The van der Waals surface area contributed by atoms with Crippen LogP contribution in [0.15, 0.2) is 29.0 Å². The van der Waals surface area contributed by atoms with Crippen LogP contribution < -0.4 is 20.1 Å². The van der Waals surface area contributed by atoms with Crippen molar-refractivity contribution in [2.45, 2.75) is 83.6 Å². The Labute approximate surface area is 242 Å². The minimum absolute atomic E-state index is 0.0710. The zero-order valence-electron chi connectivity index (χ0n) is 24.1. The summed E-state index contributed by atoms with van der Waals surface area (Å²) >= 11 is 6.55. The third-order valence-electron chi connectivity index (χ3n) is 8.83. The maximum absolute atomic E-state index is 13.2. The van der Waals surface area contributed by atoms with Gasteiger partial charge in [-0.15, -0.1) is 0 Å². The van der Waals surface area contributed by atoms with E-state index in [0.29, 0.717) is 64.0 Å². The summed E-state index contributed by atoms with van der Waals surface area (Å²) in [5.74, 6) is 1.14. The quantitative estimate of drug-likeness (QED) is 0.241. The van der Waals surface area contributed by atoms with Gasteiger partial charge in [-0.2, -0.15) is 0 Å². The van der Waals surface area contributed by atoms with Crippen molar-refractivity contribution in [1.29, 1.82) is 0 Å². The second-order valence-corrected chi connectivity index (χ2v) is 12.1. The van der Waals surface area contributed by atoms with Crippen molar-refractivity contribution in [3.05, 3.63) is 45.1 Å². The highest BCUT2D eigenvalue weighted by molar-refractivity contribution is 6.32.